The highest BCUT2D eigenvalue weighted by atomic mass is 16.2. The number of carbonyl (C=O) groups is 2. The van der Waals surface area contributed by atoms with Crippen molar-refractivity contribution in [3.63, 3.8) is 0 Å². The summed E-state index contributed by atoms with van der Waals surface area (Å²) in [6, 6.07) is 14.6. The first-order valence-electron chi connectivity index (χ1n) is 9.79. The second-order valence-corrected chi connectivity index (χ2v) is 7.24. The molecule has 0 radical (unpaired) electrons. The molecule has 1 aliphatic rings. The van der Waals surface area contributed by atoms with Crippen LogP contribution in [0.2, 0.25) is 0 Å². The molecule has 3 aromatic rings. The molecule has 0 bridgehead atoms. The molecule has 1 fully saturated rings. The van der Waals surface area contributed by atoms with Gasteiger partial charge in [-0.15, -0.1) is 5.10 Å². The van der Waals surface area contributed by atoms with Crippen molar-refractivity contribution < 1.29 is 9.59 Å². The van der Waals surface area contributed by atoms with E-state index in [4.69, 9.17) is 0 Å². The van der Waals surface area contributed by atoms with Crippen LogP contribution in [-0.2, 0) is 4.79 Å². The minimum Gasteiger partial charge on any atom is -0.354 e. The highest BCUT2D eigenvalue weighted by Gasteiger charge is 2.24. The van der Waals surface area contributed by atoms with Crippen molar-refractivity contribution in [2.75, 3.05) is 11.9 Å². The molecule has 7 nitrogen and oxygen atoms in total. The van der Waals surface area contributed by atoms with E-state index in [1.165, 1.54) is 0 Å². The Morgan fingerprint density at radius 2 is 2.00 bits per heavy atom. The Hall–Kier alpha value is -3.48. The van der Waals surface area contributed by atoms with E-state index < -0.39 is 0 Å². The molecule has 7 heteroatoms. The first kappa shape index (κ1) is 18.9. The molecule has 1 atom stereocenters. The van der Waals surface area contributed by atoms with Gasteiger partial charge in [0.15, 0.2) is 0 Å². The number of anilines is 1. The van der Waals surface area contributed by atoms with Crippen LogP contribution < -0.4 is 10.6 Å². The van der Waals surface area contributed by atoms with Gasteiger partial charge in [-0.1, -0.05) is 35.5 Å². The average Bonchev–Trinajstić information content (AvgIpc) is 3.11. The van der Waals surface area contributed by atoms with Crippen LogP contribution in [0.3, 0.4) is 0 Å². The predicted octanol–water partition coefficient (Wildman–Crippen LogP) is 3.35. The van der Waals surface area contributed by atoms with Crippen molar-refractivity contribution in [2.24, 2.45) is 0 Å². The fourth-order valence-electron chi connectivity index (χ4n) is 3.48. The third-order valence-electron chi connectivity index (χ3n) is 5.15. The van der Waals surface area contributed by atoms with Crippen LogP contribution in [0.15, 0.2) is 54.7 Å². The van der Waals surface area contributed by atoms with Gasteiger partial charge < -0.3 is 10.6 Å². The van der Waals surface area contributed by atoms with E-state index in [1.807, 2.05) is 55.5 Å². The minimum absolute atomic E-state index is 0.0224. The number of nitrogens with zero attached hydrogens (tertiary/aromatic N) is 3. The Morgan fingerprint density at radius 1 is 1.17 bits per heavy atom. The summed E-state index contributed by atoms with van der Waals surface area (Å²) in [5.41, 5.74) is 3.61. The van der Waals surface area contributed by atoms with E-state index in [2.05, 4.69) is 20.9 Å². The fraction of sp³-hybridized carbons (Fsp3) is 0.273. The van der Waals surface area contributed by atoms with Gasteiger partial charge >= 0.3 is 0 Å². The molecule has 148 valence electrons. The normalized spacial score (nSPS) is 16.7. The van der Waals surface area contributed by atoms with E-state index in [0.29, 0.717) is 17.8 Å². The van der Waals surface area contributed by atoms with Crippen molar-refractivity contribution in [3.8, 4) is 11.3 Å². The van der Waals surface area contributed by atoms with Gasteiger partial charge in [0.1, 0.15) is 11.7 Å². The van der Waals surface area contributed by atoms with E-state index >= 15 is 0 Å². The lowest BCUT2D eigenvalue weighted by Crippen LogP contribution is -2.31. The summed E-state index contributed by atoms with van der Waals surface area (Å²) in [6.45, 7) is 2.60. The lowest BCUT2D eigenvalue weighted by atomic mass is 10.0. The highest BCUT2D eigenvalue weighted by molar-refractivity contribution is 6.05. The van der Waals surface area contributed by atoms with E-state index in [-0.39, 0.29) is 17.9 Å². The molecule has 0 aliphatic carbocycles. The molecule has 2 aromatic carbocycles. The monoisotopic (exact) mass is 389 g/mol. The summed E-state index contributed by atoms with van der Waals surface area (Å²) in [5, 5.41) is 14.3. The molecule has 2 amide bonds. The van der Waals surface area contributed by atoms with Crippen molar-refractivity contribution in [3.05, 3.63) is 65.9 Å². The molecule has 4 rings (SSSR count). The van der Waals surface area contributed by atoms with Gasteiger partial charge in [0.05, 0.1) is 6.20 Å². The molecule has 2 N–H and O–H groups in total. The van der Waals surface area contributed by atoms with Crippen LogP contribution in [0.1, 0.15) is 41.2 Å². The maximum atomic E-state index is 12.7. The lowest BCUT2D eigenvalue weighted by Gasteiger charge is -2.12. The number of para-hydroxylation sites is 1. The summed E-state index contributed by atoms with van der Waals surface area (Å²) in [6.07, 6.45) is 4.46. The fourth-order valence-corrected chi connectivity index (χ4v) is 3.48. The Morgan fingerprint density at radius 3 is 2.83 bits per heavy atom. The van der Waals surface area contributed by atoms with Crippen LogP contribution in [-0.4, -0.2) is 33.4 Å². The summed E-state index contributed by atoms with van der Waals surface area (Å²) in [5.74, 6) is -0.197. The smallest absolute Gasteiger partial charge is 0.255 e. The number of carbonyl (C=O) groups excluding carboxylic acids is 2. The maximum Gasteiger partial charge on any atom is 0.255 e. The number of amides is 2. The van der Waals surface area contributed by atoms with Gasteiger partial charge in [0.2, 0.25) is 5.91 Å². The van der Waals surface area contributed by atoms with E-state index in [0.717, 1.165) is 36.1 Å². The Balaban J connectivity index is 1.58. The molecule has 1 saturated heterocycles. The number of rotatable bonds is 4. The summed E-state index contributed by atoms with van der Waals surface area (Å²) >= 11 is 0. The average molecular weight is 389 g/mol. The SMILES string of the molecule is Cc1ccc(-c2cn(C3CCCCNC3=O)nn2)cc1C(=O)Nc1ccccc1. The first-order valence-corrected chi connectivity index (χ1v) is 9.79. The van der Waals surface area contributed by atoms with Crippen molar-refractivity contribution in [1.82, 2.24) is 20.3 Å². The number of benzene rings is 2. The Bertz CT molecular complexity index is 1030. The van der Waals surface area contributed by atoms with Crippen LogP contribution in [0.25, 0.3) is 11.3 Å². The molecule has 2 heterocycles. The first-order chi connectivity index (χ1) is 14.1. The topological polar surface area (TPSA) is 88.9 Å². The van der Waals surface area contributed by atoms with E-state index in [1.54, 1.807) is 10.9 Å². The zero-order valence-electron chi connectivity index (χ0n) is 16.3. The number of nitrogens with one attached hydrogen (secondary N) is 2. The second-order valence-electron chi connectivity index (χ2n) is 7.24. The van der Waals surface area contributed by atoms with Gasteiger partial charge in [-0.2, -0.15) is 0 Å². The molecule has 1 unspecified atom stereocenters. The molecule has 1 aromatic heterocycles. The zero-order chi connectivity index (χ0) is 20.2. The molecule has 29 heavy (non-hydrogen) atoms. The lowest BCUT2D eigenvalue weighted by molar-refractivity contribution is -0.124. The second kappa shape index (κ2) is 8.26. The van der Waals surface area contributed by atoms with Gasteiger partial charge in [0.25, 0.3) is 5.91 Å². The Labute approximate surface area is 169 Å². The van der Waals surface area contributed by atoms with Crippen LogP contribution >= 0.6 is 0 Å². The highest BCUT2D eigenvalue weighted by Crippen LogP contribution is 2.24. The largest absolute Gasteiger partial charge is 0.354 e. The van der Waals surface area contributed by atoms with Gasteiger partial charge in [0, 0.05) is 23.4 Å². The third kappa shape index (κ3) is 4.18. The quantitative estimate of drug-likeness (QED) is 0.716. The van der Waals surface area contributed by atoms with Gasteiger partial charge in [-0.25, -0.2) is 4.68 Å². The minimum atomic E-state index is -0.343. The van der Waals surface area contributed by atoms with Gasteiger partial charge in [-0.05, 0) is 49.9 Å². The van der Waals surface area contributed by atoms with Crippen LogP contribution in [0.5, 0.6) is 0 Å². The number of aryl methyl sites for hydroxylation is 1. The molecular weight excluding hydrogens is 366 g/mol. The summed E-state index contributed by atoms with van der Waals surface area (Å²) in [4.78, 5) is 25.0. The predicted molar refractivity (Wildman–Crippen MR) is 110 cm³/mol. The van der Waals surface area contributed by atoms with Crippen LogP contribution in [0, 0.1) is 6.92 Å². The van der Waals surface area contributed by atoms with Gasteiger partial charge in [-0.3, -0.25) is 9.59 Å². The number of hydrogen-bond donors (Lipinski definition) is 2. The Kier molecular flexibility index (Phi) is 5.37. The third-order valence-corrected chi connectivity index (χ3v) is 5.15. The van der Waals surface area contributed by atoms with Crippen molar-refractivity contribution >= 4 is 17.5 Å². The zero-order valence-corrected chi connectivity index (χ0v) is 16.3. The maximum absolute atomic E-state index is 12.7. The summed E-state index contributed by atoms with van der Waals surface area (Å²) < 4.78 is 1.62. The van der Waals surface area contributed by atoms with Crippen LogP contribution in [0.4, 0.5) is 5.69 Å². The van der Waals surface area contributed by atoms with Crippen molar-refractivity contribution in [1.29, 1.82) is 0 Å². The molecule has 0 saturated carbocycles. The molecule has 0 spiro atoms. The number of aromatic nitrogens is 3. The number of hydrogen-bond acceptors (Lipinski definition) is 4. The molecular formula is C22H23N5O2. The summed E-state index contributed by atoms with van der Waals surface area (Å²) in [7, 11) is 0. The van der Waals surface area contributed by atoms with Crippen molar-refractivity contribution in [2.45, 2.75) is 32.2 Å². The van der Waals surface area contributed by atoms with E-state index in [9.17, 15) is 9.59 Å². The molecule has 1 aliphatic heterocycles. The standard InChI is InChI=1S/C22H23N5O2/c1-15-10-11-16(13-18(15)21(28)24-17-7-3-2-4-8-17)19-14-27(26-25-19)20-9-5-6-12-23-22(20)29/h2-4,7-8,10-11,13-14,20H,5-6,9,12H2,1H3,(H,23,29)(H,24,28).